The first kappa shape index (κ1) is 14.3. The molecule has 1 aromatic rings. The number of hydrogen-bond acceptors (Lipinski definition) is 3. The summed E-state index contributed by atoms with van der Waals surface area (Å²) in [5.74, 6) is -0.964. The topological polar surface area (TPSA) is 51.0 Å². The Hall–Kier alpha value is -1.12. The predicted molar refractivity (Wildman–Crippen MR) is 63.4 cm³/mol. The van der Waals surface area contributed by atoms with Crippen molar-refractivity contribution in [2.75, 3.05) is 6.54 Å². The summed E-state index contributed by atoms with van der Waals surface area (Å²) in [5.41, 5.74) is 0. The Morgan fingerprint density at radius 3 is 2.68 bits per heavy atom. The molecule has 5 nitrogen and oxygen atoms in total. The van der Waals surface area contributed by atoms with E-state index in [4.69, 9.17) is 0 Å². The third-order valence-electron chi connectivity index (χ3n) is 2.94. The van der Waals surface area contributed by atoms with Crippen molar-refractivity contribution in [2.24, 2.45) is 0 Å². The van der Waals surface area contributed by atoms with Crippen molar-refractivity contribution in [3.8, 4) is 0 Å². The Balaban J connectivity index is 2.18. The molecule has 19 heavy (non-hydrogen) atoms. The van der Waals surface area contributed by atoms with E-state index in [-0.39, 0.29) is 36.2 Å². The lowest BCUT2D eigenvalue weighted by atomic mass is 10.2. The van der Waals surface area contributed by atoms with E-state index in [0.717, 1.165) is 4.57 Å². The first-order valence-electron chi connectivity index (χ1n) is 5.76. The number of amides is 1. The van der Waals surface area contributed by atoms with E-state index in [1.165, 1.54) is 4.90 Å². The van der Waals surface area contributed by atoms with Crippen LogP contribution >= 0.6 is 15.9 Å². The minimum absolute atomic E-state index is 0.0595. The first-order valence-corrected chi connectivity index (χ1v) is 6.68. The maximum atomic E-state index is 12.6. The minimum Gasteiger partial charge on any atom is -0.332 e. The van der Waals surface area contributed by atoms with Crippen molar-refractivity contribution in [1.29, 1.82) is 0 Å². The van der Waals surface area contributed by atoms with Crippen LogP contribution < -0.4 is 0 Å². The second kappa shape index (κ2) is 5.10. The molecule has 0 aromatic carbocycles. The summed E-state index contributed by atoms with van der Waals surface area (Å²) < 4.78 is 38.9. The lowest BCUT2D eigenvalue weighted by Gasteiger charge is -2.29. The van der Waals surface area contributed by atoms with Gasteiger partial charge in [-0.1, -0.05) is 22.9 Å². The van der Waals surface area contributed by atoms with Crippen LogP contribution in [0.1, 0.15) is 25.0 Å². The predicted octanol–water partition coefficient (Wildman–Crippen LogP) is 1.81. The zero-order valence-corrected chi connectivity index (χ0v) is 11.7. The van der Waals surface area contributed by atoms with Crippen molar-refractivity contribution in [3.63, 3.8) is 0 Å². The van der Waals surface area contributed by atoms with Crippen molar-refractivity contribution >= 4 is 21.8 Å². The van der Waals surface area contributed by atoms with Crippen LogP contribution in [0.2, 0.25) is 0 Å². The molecular weight excluding hydrogens is 329 g/mol. The lowest BCUT2D eigenvalue weighted by Crippen LogP contribution is -2.42. The fraction of sp³-hybridized carbons (Fsp3) is 0.700. The standard InChI is InChI=1S/C10H12BrF3N4O/c1-2-6(11)8(19)17-3-4-18-7(5-17)15-16-9(18)10(12,13)14/h6H,2-5H2,1H3. The number of alkyl halides is 4. The van der Waals surface area contributed by atoms with Crippen LogP contribution in [0.5, 0.6) is 0 Å². The summed E-state index contributed by atoms with van der Waals surface area (Å²) in [6, 6.07) is 0. The van der Waals surface area contributed by atoms with Gasteiger partial charge in [-0.15, -0.1) is 10.2 Å². The molecule has 2 rings (SSSR count). The third-order valence-corrected chi connectivity index (χ3v) is 3.98. The maximum absolute atomic E-state index is 12.6. The molecule has 0 saturated heterocycles. The van der Waals surface area contributed by atoms with Gasteiger partial charge in [0.25, 0.3) is 0 Å². The van der Waals surface area contributed by atoms with Gasteiger partial charge in [-0.2, -0.15) is 13.2 Å². The number of nitrogens with zero attached hydrogens (tertiary/aromatic N) is 4. The van der Waals surface area contributed by atoms with Crippen molar-refractivity contribution in [2.45, 2.75) is 37.4 Å². The zero-order chi connectivity index (χ0) is 14.2. The summed E-state index contributed by atoms with van der Waals surface area (Å²) in [4.78, 5) is 13.1. The molecule has 0 aliphatic carbocycles. The Bertz CT molecular complexity index is 488. The molecule has 1 aromatic heterocycles. The number of halogens is 4. The highest BCUT2D eigenvalue weighted by Gasteiger charge is 2.40. The molecule has 106 valence electrons. The second-order valence-corrected chi connectivity index (χ2v) is 5.33. The molecule has 9 heteroatoms. The molecule has 1 atom stereocenters. The number of aromatic nitrogens is 3. The van der Waals surface area contributed by atoms with Crippen molar-refractivity contribution in [3.05, 3.63) is 11.6 Å². The highest BCUT2D eigenvalue weighted by molar-refractivity contribution is 9.10. The van der Waals surface area contributed by atoms with Crippen LogP contribution in [0, 0.1) is 0 Å². The Morgan fingerprint density at radius 1 is 1.42 bits per heavy atom. The molecule has 1 aliphatic rings. The van der Waals surface area contributed by atoms with Gasteiger partial charge < -0.3 is 9.47 Å². The molecule has 0 N–H and O–H groups in total. The summed E-state index contributed by atoms with van der Waals surface area (Å²) in [7, 11) is 0. The molecule has 2 heterocycles. The van der Waals surface area contributed by atoms with Crippen LogP contribution in [-0.2, 0) is 24.1 Å². The Morgan fingerprint density at radius 2 is 2.11 bits per heavy atom. The zero-order valence-electron chi connectivity index (χ0n) is 10.1. The Kier molecular flexibility index (Phi) is 3.84. The van der Waals surface area contributed by atoms with E-state index in [2.05, 4.69) is 26.1 Å². The van der Waals surface area contributed by atoms with Gasteiger partial charge in [0, 0.05) is 13.1 Å². The van der Waals surface area contributed by atoms with Gasteiger partial charge in [0.05, 0.1) is 11.4 Å². The molecule has 0 saturated carbocycles. The normalized spacial score (nSPS) is 17.2. The monoisotopic (exact) mass is 340 g/mol. The molecule has 0 bridgehead atoms. The number of carbonyl (C=O) groups is 1. The molecule has 0 fully saturated rings. The van der Waals surface area contributed by atoms with Crippen molar-refractivity contribution in [1.82, 2.24) is 19.7 Å². The highest BCUT2D eigenvalue weighted by Crippen LogP contribution is 2.29. The van der Waals surface area contributed by atoms with Gasteiger partial charge in [0.2, 0.25) is 11.7 Å². The Labute approximate surface area is 115 Å². The smallest absolute Gasteiger partial charge is 0.332 e. The quantitative estimate of drug-likeness (QED) is 0.771. The fourth-order valence-electron chi connectivity index (χ4n) is 1.93. The molecule has 1 unspecified atom stereocenters. The van der Waals surface area contributed by atoms with Gasteiger partial charge in [0.1, 0.15) is 0 Å². The molecule has 1 amide bonds. The number of rotatable bonds is 2. The van der Waals surface area contributed by atoms with Gasteiger partial charge in [0.15, 0.2) is 5.82 Å². The van der Waals surface area contributed by atoms with E-state index < -0.39 is 12.0 Å². The molecule has 0 radical (unpaired) electrons. The van der Waals surface area contributed by atoms with E-state index in [0.29, 0.717) is 6.42 Å². The maximum Gasteiger partial charge on any atom is 0.451 e. The number of hydrogen-bond donors (Lipinski definition) is 0. The van der Waals surface area contributed by atoms with E-state index >= 15 is 0 Å². The van der Waals surface area contributed by atoms with E-state index in [9.17, 15) is 18.0 Å². The van der Waals surface area contributed by atoms with Gasteiger partial charge >= 0.3 is 6.18 Å². The number of carbonyl (C=O) groups excluding carboxylic acids is 1. The summed E-state index contributed by atoms with van der Waals surface area (Å²) in [6.07, 6.45) is -3.89. The average molecular weight is 341 g/mol. The largest absolute Gasteiger partial charge is 0.451 e. The third kappa shape index (κ3) is 2.75. The average Bonchev–Trinajstić information content (AvgIpc) is 2.79. The van der Waals surface area contributed by atoms with Gasteiger partial charge in [-0.3, -0.25) is 4.79 Å². The molecule has 1 aliphatic heterocycles. The van der Waals surface area contributed by atoms with Crippen LogP contribution in [0.4, 0.5) is 13.2 Å². The molecule has 0 spiro atoms. The summed E-state index contributed by atoms with van der Waals surface area (Å²) in [6.45, 7) is 2.21. The van der Waals surface area contributed by atoms with Gasteiger partial charge in [-0.05, 0) is 6.42 Å². The molecular formula is C10H12BrF3N4O. The SMILES string of the molecule is CCC(Br)C(=O)N1CCn2c(nnc2C(F)(F)F)C1. The fourth-order valence-corrected chi connectivity index (χ4v) is 2.22. The van der Waals surface area contributed by atoms with E-state index in [1.54, 1.807) is 0 Å². The van der Waals surface area contributed by atoms with Crippen LogP contribution in [0.15, 0.2) is 0 Å². The lowest BCUT2D eigenvalue weighted by molar-refractivity contribution is -0.148. The van der Waals surface area contributed by atoms with Crippen molar-refractivity contribution < 1.29 is 18.0 Å². The van der Waals surface area contributed by atoms with Crippen LogP contribution in [0.3, 0.4) is 0 Å². The van der Waals surface area contributed by atoms with Crippen LogP contribution in [0.25, 0.3) is 0 Å². The first-order chi connectivity index (χ1) is 8.84. The van der Waals surface area contributed by atoms with Gasteiger partial charge in [-0.25, -0.2) is 0 Å². The second-order valence-electron chi connectivity index (χ2n) is 4.22. The highest BCUT2D eigenvalue weighted by atomic mass is 79.9. The minimum atomic E-state index is -4.52. The summed E-state index contributed by atoms with van der Waals surface area (Å²) >= 11 is 3.24. The van der Waals surface area contributed by atoms with Crippen LogP contribution in [-0.4, -0.2) is 36.9 Å². The number of fused-ring (bicyclic) bond motifs is 1. The summed E-state index contributed by atoms with van der Waals surface area (Å²) in [5, 5.41) is 6.69. The van der Waals surface area contributed by atoms with E-state index in [1.807, 2.05) is 6.92 Å².